The summed E-state index contributed by atoms with van der Waals surface area (Å²) in [5, 5.41) is 9.09. The number of rotatable bonds is 4. The third kappa shape index (κ3) is 3.36. The number of carbonyl (C=O) groups is 1. The molecule has 1 aromatic rings. The highest BCUT2D eigenvalue weighted by Crippen LogP contribution is 2.28. The number of aryl methyl sites for hydroxylation is 1. The average Bonchev–Trinajstić information content (AvgIpc) is 2.53. The second-order valence-electron chi connectivity index (χ2n) is 5.69. The maximum Gasteiger partial charge on any atom is 0.335 e. The molecule has 0 aliphatic carbocycles. The molecular formula is C16H22N2O3. The van der Waals surface area contributed by atoms with Crippen molar-refractivity contribution in [1.29, 1.82) is 0 Å². The van der Waals surface area contributed by atoms with Gasteiger partial charge in [-0.2, -0.15) is 0 Å². The molecule has 0 atom stereocenters. The van der Waals surface area contributed by atoms with Crippen LogP contribution in [0.1, 0.15) is 22.3 Å². The van der Waals surface area contributed by atoms with Gasteiger partial charge in [-0.3, -0.25) is 4.90 Å². The zero-order valence-corrected chi connectivity index (χ0v) is 12.3. The van der Waals surface area contributed by atoms with Gasteiger partial charge in [0.1, 0.15) is 0 Å². The fraction of sp³-hybridized carbons (Fsp3) is 0.562. The number of benzene rings is 1. The predicted molar refractivity (Wildman–Crippen MR) is 81.2 cm³/mol. The average molecular weight is 290 g/mol. The van der Waals surface area contributed by atoms with E-state index in [0.717, 1.165) is 58.8 Å². The molecule has 0 saturated carbocycles. The predicted octanol–water partition coefficient (Wildman–Crippen LogP) is 1.47. The van der Waals surface area contributed by atoms with Crippen LogP contribution in [0, 0.1) is 0 Å². The molecule has 2 heterocycles. The lowest BCUT2D eigenvalue weighted by Gasteiger charge is -2.34. The summed E-state index contributed by atoms with van der Waals surface area (Å²) in [4.78, 5) is 15.9. The van der Waals surface area contributed by atoms with Crippen molar-refractivity contribution in [2.45, 2.75) is 12.8 Å². The summed E-state index contributed by atoms with van der Waals surface area (Å²) in [5.74, 6) is -0.844. The summed E-state index contributed by atoms with van der Waals surface area (Å²) in [5.41, 5.74) is 2.77. The van der Waals surface area contributed by atoms with Crippen molar-refractivity contribution in [3.05, 3.63) is 29.3 Å². The van der Waals surface area contributed by atoms with Gasteiger partial charge >= 0.3 is 5.97 Å². The molecular weight excluding hydrogens is 268 g/mol. The lowest BCUT2D eigenvalue weighted by molar-refractivity contribution is 0.0391. The molecule has 1 fully saturated rings. The van der Waals surface area contributed by atoms with E-state index in [4.69, 9.17) is 9.84 Å². The van der Waals surface area contributed by atoms with Crippen LogP contribution >= 0.6 is 0 Å². The Morgan fingerprint density at radius 1 is 1.19 bits per heavy atom. The first-order valence-electron chi connectivity index (χ1n) is 7.65. The van der Waals surface area contributed by atoms with Gasteiger partial charge in [0.2, 0.25) is 0 Å². The van der Waals surface area contributed by atoms with Crippen molar-refractivity contribution in [3.63, 3.8) is 0 Å². The van der Waals surface area contributed by atoms with Gasteiger partial charge < -0.3 is 14.7 Å². The number of carboxylic acids is 1. The monoisotopic (exact) mass is 290 g/mol. The summed E-state index contributed by atoms with van der Waals surface area (Å²) < 4.78 is 5.37. The Hall–Kier alpha value is -1.59. The van der Waals surface area contributed by atoms with Crippen molar-refractivity contribution in [2.75, 3.05) is 50.8 Å². The van der Waals surface area contributed by atoms with Crippen molar-refractivity contribution in [3.8, 4) is 0 Å². The summed E-state index contributed by atoms with van der Waals surface area (Å²) in [6, 6.07) is 5.52. The zero-order valence-electron chi connectivity index (χ0n) is 12.3. The Bertz CT molecular complexity index is 512. The van der Waals surface area contributed by atoms with E-state index >= 15 is 0 Å². The van der Waals surface area contributed by atoms with E-state index in [1.807, 2.05) is 12.1 Å². The number of ether oxygens (including phenoxy) is 1. The summed E-state index contributed by atoms with van der Waals surface area (Å²) in [7, 11) is 0. The molecule has 2 aliphatic rings. The maximum atomic E-state index is 11.1. The maximum absolute atomic E-state index is 11.1. The highest BCUT2D eigenvalue weighted by Gasteiger charge is 2.19. The number of hydrogen-bond donors (Lipinski definition) is 1. The molecule has 21 heavy (non-hydrogen) atoms. The van der Waals surface area contributed by atoms with Crippen LogP contribution in [0.2, 0.25) is 0 Å². The highest BCUT2D eigenvalue weighted by molar-refractivity contribution is 5.88. The van der Waals surface area contributed by atoms with Gasteiger partial charge in [0.15, 0.2) is 0 Å². The molecule has 1 aromatic carbocycles. The van der Waals surface area contributed by atoms with Gasteiger partial charge in [0.25, 0.3) is 0 Å². The molecule has 2 aliphatic heterocycles. The van der Waals surface area contributed by atoms with Crippen molar-refractivity contribution in [1.82, 2.24) is 4.90 Å². The van der Waals surface area contributed by atoms with E-state index in [1.165, 1.54) is 11.3 Å². The molecule has 3 rings (SSSR count). The number of anilines is 1. The van der Waals surface area contributed by atoms with Crippen molar-refractivity contribution in [2.24, 2.45) is 0 Å². The molecule has 0 amide bonds. The van der Waals surface area contributed by atoms with Gasteiger partial charge in [0, 0.05) is 38.4 Å². The molecule has 5 nitrogen and oxygen atoms in total. The van der Waals surface area contributed by atoms with Crippen LogP contribution in [-0.2, 0) is 11.2 Å². The molecule has 5 heteroatoms. The minimum atomic E-state index is -0.844. The third-order valence-corrected chi connectivity index (χ3v) is 4.33. The zero-order chi connectivity index (χ0) is 14.7. The second-order valence-corrected chi connectivity index (χ2v) is 5.69. The molecule has 0 aromatic heterocycles. The molecule has 1 saturated heterocycles. The Morgan fingerprint density at radius 2 is 2.00 bits per heavy atom. The standard InChI is InChI=1S/C16H22N2O3/c19-16(20)14-3-4-15-13(12-14)2-1-5-18(15)7-6-17-8-10-21-11-9-17/h3-4,12H,1-2,5-11H2,(H,19,20). The Balaban J connectivity index is 1.67. The Morgan fingerprint density at radius 3 is 2.76 bits per heavy atom. The van der Waals surface area contributed by atoms with Crippen molar-refractivity contribution < 1.29 is 14.6 Å². The van der Waals surface area contributed by atoms with E-state index < -0.39 is 5.97 Å². The quantitative estimate of drug-likeness (QED) is 0.910. The van der Waals surface area contributed by atoms with E-state index in [0.29, 0.717) is 5.56 Å². The smallest absolute Gasteiger partial charge is 0.335 e. The van der Waals surface area contributed by atoms with Crippen LogP contribution in [0.3, 0.4) is 0 Å². The van der Waals surface area contributed by atoms with Gasteiger partial charge in [-0.15, -0.1) is 0 Å². The number of hydrogen-bond acceptors (Lipinski definition) is 4. The van der Waals surface area contributed by atoms with E-state index in [-0.39, 0.29) is 0 Å². The van der Waals surface area contributed by atoms with Crippen LogP contribution in [0.25, 0.3) is 0 Å². The van der Waals surface area contributed by atoms with Gasteiger partial charge in [-0.1, -0.05) is 0 Å². The summed E-state index contributed by atoms with van der Waals surface area (Å²) >= 11 is 0. The first kappa shape index (κ1) is 14.4. The minimum absolute atomic E-state index is 0.392. The SMILES string of the molecule is O=C(O)c1ccc2c(c1)CCCN2CCN1CCOCC1. The van der Waals surface area contributed by atoms with Gasteiger partial charge in [-0.25, -0.2) is 4.79 Å². The Kier molecular flexibility index (Phi) is 4.41. The van der Waals surface area contributed by atoms with E-state index in [9.17, 15) is 4.79 Å². The van der Waals surface area contributed by atoms with E-state index in [2.05, 4.69) is 9.80 Å². The van der Waals surface area contributed by atoms with Gasteiger partial charge in [-0.05, 0) is 36.6 Å². The Labute approximate surface area is 125 Å². The fourth-order valence-corrected chi connectivity index (χ4v) is 3.13. The topological polar surface area (TPSA) is 53.0 Å². The molecule has 0 spiro atoms. The second kappa shape index (κ2) is 6.45. The first-order chi connectivity index (χ1) is 10.2. The highest BCUT2D eigenvalue weighted by atomic mass is 16.5. The lowest BCUT2D eigenvalue weighted by atomic mass is 9.99. The summed E-state index contributed by atoms with van der Waals surface area (Å²) in [6.45, 7) is 6.79. The molecule has 1 N–H and O–H groups in total. The summed E-state index contributed by atoms with van der Waals surface area (Å²) in [6.07, 6.45) is 2.07. The molecule has 0 bridgehead atoms. The lowest BCUT2D eigenvalue weighted by Crippen LogP contribution is -2.42. The van der Waals surface area contributed by atoms with E-state index in [1.54, 1.807) is 6.07 Å². The number of morpholine rings is 1. The van der Waals surface area contributed by atoms with Crippen molar-refractivity contribution >= 4 is 11.7 Å². The molecule has 0 unspecified atom stereocenters. The minimum Gasteiger partial charge on any atom is -0.478 e. The van der Waals surface area contributed by atoms with Gasteiger partial charge in [0.05, 0.1) is 18.8 Å². The van der Waals surface area contributed by atoms with Crippen LogP contribution in [0.15, 0.2) is 18.2 Å². The first-order valence-corrected chi connectivity index (χ1v) is 7.65. The number of fused-ring (bicyclic) bond motifs is 1. The molecule has 114 valence electrons. The number of carboxylic acid groups (broad SMARTS) is 1. The normalized spacial score (nSPS) is 19.3. The van der Waals surface area contributed by atoms with Crippen LogP contribution in [0.5, 0.6) is 0 Å². The largest absolute Gasteiger partial charge is 0.478 e. The van der Waals surface area contributed by atoms with Crippen LogP contribution in [0.4, 0.5) is 5.69 Å². The number of nitrogens with zero attached hydrogens (tertiary/aromatic N) is 2. The number of aromatic carboxylic acids is 1. The van der Waals surface area contributed by atoms with Crippen LogP contribution < -0.4 is 4.90 Å². The fourth-order valence-electron chi connectivity index (χ4n) is 3.13. The van der Waals surface area contributed by atoms with Crippen LogP contribution in [-0.4, -0.2) is 61.9 Å². The molecule has 0 radical (unpaired) electrons. The third-order valence-electron chi connectivity index (χ3n) is 4.33.